The lowest BCUT2D eigenvalue weighted by molar-refractivity contribution is 0.100. The third kappa shape index (κ3) is 4.08. The van der Waals surface area contributed by atoms with Crippen LogP contribution in [0.25, 0.3) is 10.2 Å². The predicted octanol–water partition coefficient (Wildman–Crippen LogP) is 4.56. The summed E-state index contributed by atoms with van der Waals surface area (Å²) in [6.45, 7) is 4.03. The molecular formula is C27H25N5O4S. The molecule has 0 aliphatic carbocycles. The van der Waals surface area contributed by atoms with Crippen LogP contribution in [-0.4, -0.2) is 49.3 Å². The van der Waals surface area contributed by atoms with E-state index in [0.717, 1.165) is 16.7 Å². The van der Waals surface area contributed by atoms with Gasteiger partial charge in [-0.15, -0.1) is 11.3 Å². The van der Waals surface area contributed by atoms with E-state index < -0.39 is 5.91 Å². The molecule has 1 atom stereocenters. The number of ether oxygens (including phenoxy) is 2. The first-order valence-corrected chi connectivity index (χ1v) is 12.8. The summed E-state index contributed by atoms with van der Waals surface area (Å²) in [5, 5.41) is 4.06. The largest absolute Gasteiger partial charge is 0.457 e. The minimum Gasteiger partial charge on any atom is -0.457 e. The number of para-hydroxylation sites is 1. The van der Waals surface area contributed by atoms with Crippen LogP contribution in [0, 0.1) is 6.92 Å². The molecular weight excluding hydrogens is 490 g/mol. The first-order valence-electron chi connectivity index (χ1n) is 12.0. The Morgan fingerprint density at radius 2 is 2.00 bits per heavy atom. The highest BCUT2D eigenvalue weighted by molar-refractivity contribution is 7.21. The fourth-order valence-corrected chi connectivity index (χ4v) is 5.88. The van der Waals surface area contributed by atoms with E-state index in [1.165, 1.54) is 11.3 Å². The highest BCUT2D eigenvalue weighted by Gasteiger charge is 2.42. The number of urea groups is 1. The molecule has 0 bridgehead atoms. The maximum absolute atomic E-state index is 14.3. The Morgan fingerprint density at radius 1 is 1.16 bits per heavy atom. The van der Waals surface area contributed by atoms with Crippen LogP contribution in [0.5, 0.6) is 11.5 Å². The molecule has 0 saturated carbocycles. The number of hydrogen-bond donors (Lipinski definition) is 2. The van der Waals surface area contributed by atoms with E-state index >= 15 is 0 Å². The molecule has 3 amide bonds. The lowest BCUT2D eigenvalue weighted by Crippen LogP contribution is -2.54. The topological polar surface area (TPSA) is 110 Å². The molecule has 2 aliphatic rings. The van der Waals surface area contributed by atoms with E-state index in [9.17, 15) is 9.59 Å². The summed E-state index contributed by atoms with van der Waals surface area (Å²) < 4.78 is 11.8. The number of thiophene rings is 1. The molecule has 188 valence electrons. The van der Waals surface area contributed by atoms with Crippen molar-refractivity contribution in [1.29, 1.82) is 0 Å². The van der Waals surface area contributed by atoms with Crippen molar-refractivity contribution in [1.82, 2.24) is 10.3 Å². The maximum Gasteiger partial charge on any atom is 0.334 e. The zero-order valence-corrected chi connectivity index (χ0v) is 21.0. The minimum atomic E-state index is -0.587. The smallest absolute Gasteiger partial charge is 0.334 e. The van der Waals surface area contributed by atoms with Gasteiger partial charge in [-0.2, -0.15) is 0 Å². The van der Waals surface area contributed by atoms with Gasteiger partial charge in [-0.25, -0.2) is 9.78 Å². The molecule has 37 heavy (non-hydrogen) atoms. The number of carbonyl (C=O) groups excluding carboxylic acids is 2. The molecule has 4 heterocycles. The zero-order chi connectivity index (χ0) is 25.5. The lowest BCUT2D eigenvalue weighted by Gasteiger charge is -2.40. The number of nitrogens with two attached hydrogens (primary N) is 1. The van der Waals surface area contributed by atoms with Gasteiger partial charge in [0.1, 0.15) is 21.2 Å². The summed E-state index contributed by atoms with van der Waals surface area (Å²) in [5.41, 5.74) is 8.52. The number of amides is 3. The van der Waals surface area contributed by atoms with Gasteiger partial charge in [-0.1, -0.05) is 18.2 Å². The Morgan fingerprint density at radius 3 is 2.78 bits per heavy atom. The van der Waals surface area contributed by atoms with Crippen LogP contribution in [-0.2, 0) is 4.74 Å². The molecule has 6 rings (SSSR count). The molecule has 4 aromatic rings. The lowest BCUT2D eigenvalue weighted by atomic mass is 10.1. The van der Waals surface area contributed by atoms with E-state index in [2.05, 4.69) is 10.3 Å². The van der Waals surface area contributed by atoms with Gasteiger partial charge in [0.25, 0.3) is 5.91 Å². The van der Waals surface area contributed by atoms with Crippen molar-refractivity contribution in [3.63, 3.8) is 0 Å². The summed E-state index contributed by atoms with van der Waals surface area (Å²) in [7, 11) is 0. The Kier molecular flexibility index (Phi) is 5.99. The molecule has 2 aromatic carbocycles. The van der Waals surface area contributed by atoms with Crippen molar-refractivity contribution in [2.45, 2.75) is 13.0 Å². The van der Waals surface area contributed by atoms with Crippen molar-refractivity contribution < 1.29 is 19.1 Å². The van der Waals surface area contributed by atoms with Crippen molar-refractivity contribution in [3.05, 3.63) is 71.2 Å². The maximum atomic E-state index is 14.3. The monoisotopic (exact) mass is 515 g/mol. The van der Waals surface area contributed by atoms with Crippen LogP contribution in [0.15, 0.2) is 60.8 Å². The van der Waals surface area contributed by atoms with Crippen LogP contribution in [0.1, 0.15) is 15.2 Å². The van der Waals surface area contributed by atoms with Crippen LogP contribution < -0.4 is 25.6 Å². The van der Waals surface area contributed by atoms with E-state index in [0.29, 0.717) is 58.8 Å². The van der Waals surface area contributed by atoms with Crippen molar-refractivity contribution in [2.75, 3.05) is 36.1 Å². The third-order valence-corrected chi connectivity index (χ3v) is 7.62. The average molecular weight is 516 g/mol. The molecule has 1 unspecified atom stereocenters. The third-order valence-electron chi connectivity index (χ3n) is 6.51. The normalized spacial score (nSPS) is 17.6. The average Bonchev–Trinajstić information content (AvgIpc) is 3.08. The molecule has 3 N–H and O–H groups in total. The summed E-state index contributed by atoms with van der Waals surface area (Å²) in [4.78, 5) is 35.6. The second-order valence-corrected chi connectivity index (χ2v) is 9.94. The molecule has 1 saturated heterocycles. The van der Waals surface area contributed by atoms with Gasteiger partial charge < -0.3 is 20.5 Å². The van der Waals surface area contributed by atoms with Gasteiger partial charge in [0.15, 0.2) is 0 Å². The number of primary amides is 1. The summed E-state index contributed by atoms with van der Waals surface area (Å²) >= 11 is 1.20. The number of nitrogens with zero attached hydrogens (tertiary/aromatic N) is 3. The molecule has 0 radical (unpaired) electrons. The molecule has 2 aromatic heterocycles. The zero-order valence-electron chi connectivity index (χ0n) is 20.1. The second-order valence-electron chi connectivity index (χ2n) is 8.94. The standard InChI is InChI=1S/C27H25N5O4S/c1-16-13-19(36-18-5-3-2-4-6-18)7-8-20(16)32-21-9-10-30-26-22(21)23(24(37-26)25(28)33)31(27(32)34)17-14-29-11-12-35-15-17/h2-10,13,17,29H,11-12,14-15H2,1H3,(H2,28,33). The number of carbonyl (C=O) groups is 2. The second kappa shape index (κ2) is 9.47. The van der Waals surface area contributed by atoms with Gasteiger partial charge in [-0.3, -0.25) is 14.6 Å². The van der Waals surface area contributed by atoms with Gasteiger partial charge >= 0.3 is 6.03 Å². The highest BCUT2D eigenvalue weighted by atomic mass is 32.1. The fraction of sp³-hybridized carbons (Fsp3) is 0.222. The number of pyridine rings is 1. The molecule has 9 nitrogen and oxygen atoms in total. The van der Waals surface area contributed by atoms with Crippen LogP contribution >= 0.6 is 11.3 Å². The van der Waals surface area contributed by atoms with E-state index in [-0.39, 0.29) is 12.1 Å². The number of aromatic nitrogens is 1. The van der Waals surface area contributed by atoms with Crippen LogP contribution in [0.3, 0.4) is 0 Å². The van der Waals surface area contributed by atoms with Gasteiger partial charge in [-0.05, 0) is 48.9 Å². The van der Waals surface area contributed by atoms with E-state index in [4.69, 9.17) is 15.2 Å². The Hall–Kier alpha value is -3.99. The fourth-order valence-electron chi connectivity index (χ4n) is 4.88. The summed E-state index contributed by atoms with van der Waals surface area (Å²) in [6, 6.07) is 16.4. The van der Waals surface area contributed by atoms with E-state index in [1.807, 2.05) is 55.5 Å². The number of anilines is 3. The number of rotatable bonds is 5. The molecule has 10 heteroatoms. The molecule has 1 fully saturated rings. The number of benzene rings is 2. The number of aryl methyl sites for hydroxylation is 1. The minimum absolute atomic E-state index is 0.280. The predicted molar refractivity (Wildman–Crippen MR) is 143 cm³/mol. The Balaban J connectivity index is 1.49. The molecule has 2 aliphatic heterocycles. The summed E-state index contributed by atoms with van der Waals surface area (Å²) in [6.07, 6.45) is 1.65. The first kappa shape index (κ1) is 23.4. The van der Waals surface area contributed by atoms with Crippen molar-refractivity contribution >= 4 is 50.6 Å². The van der Waals surface area contributed by atoms with Gasteiger partial charge in [0.2, 0.25) is 0 Å². The van der Waals surface area contributed by atoms with Crippen molar-refractivity contribution in [2.24, 2.45) is 5.73 Å². The summed E-state index contributed by atoms with van der Waals surface area (Å²) in [5.74, 6) is 0.812. The molecule has 0 spiro atoms. The van der Waals surface area contributed by atoms with Gasteiger partial charge in [0, 0.05) is 19.3 Å². The van der Waals surface area contributed by atoms with Crippen molar-refractivity contribution in [3.8, 4) is 11.5 Å². The van der Waals surface area contributed by atoms with E-state index in [1.54, 1.807) is 22.1 Å². The van der Waals surface area contributed by atoms with Crippen LogP contribution in [0.4, 0.5) is 21.9 Å². The van der Waals surface area contributed by atoms with Crippen LogP contribution in [0.2, 0.25) is 0 Å². The SMILES string of the molecule is Cc1cc(Oc2ccccc2)ccc1N1C(=O)N(C2CNCCOC2)c2c(C(N)=O)sc3nccc1c23. The Bertz CT molecular complexity index is 1500. The first-order chi connectivity index (χ1) is 18.0. The van der Waals surface area contributed by atoms with Gasteiger partial charge in [0.05, 0.1) is 41.7 Å². The number of hydrogen-bond acceptors (Lipinski definition) is 7. The Labute approximate surface area is 217 Å². The quantitative estimate of drug-likeness (QED) is 0.403. The highest BCUT2D eigenvalue weighted by Crippen LogP contribution is 2.49. The number of nitrogens with one attached hydrogen (secondary N) is 1.